The molecule has 1 atom stereocenters. The minimum absolute atomic E-state index is 0.125. The molecule has 0 radical (unpaired) electrons. The molecule has 2 aliphatic rings. The van der Waals surface area contributed by atoms with Crippen molar-refractivity contribution in [3.63, 3.8) is 0 Å². The van der Waals surface area contributed by atoms with Crippen molar-refractivity contribution < 1.29 is 9.53 Å². The molecule has 5 heteroatoms. The van der Waals surface area contributed by atoms with E-state index in [2.05, 4.69) is 43.4 Å². The van der Waals surface area contributed by atoms with Gasteiger partial charge in [-0.1, -0.05) is 6.07 Å². The molecule has 1 aliphatic carbocycles. The van der Waals surface area contributed by atoms with E-state index in [9.17, 15) is 4.79 Å². The molecule has 1 unspecified atom stereocenters. The minimum atomic E-state index is 0.125. The molecule has 1 saturated carbocycles. The SMILES string of the molecule is CCOC(C)CN1CC2(CCC(c3cccs3)(N(C)C)CC2)CC1=O. The van der Waals surface area contributed by atoms with Crippen LogP contribution in [0.15, 0.2) is 17.5 Å². The molecule has 1 aliphatic heterocycles. The number of hydrogen-bond acceptors (Lipinski definition) is 4. The molecule has 1 amide bonds. The number of likely N-dealkylation sites (tertiary alicyclic amines) is 1. The van der Waals surface area contributed by atoms with Crippen LogP contribution >= 0.6 is 11.3 Å². The van der Waals surface area contributed by atoms with Crippen molar-refractivity contribution in [3.8, 4) is 0 Å². The first-order valence-electron chi connectivity index (χ1n) is 9.52. The number of nitrogens with zero attached hydrogens (tertiary/aromatic N) is 2. The third kappa shape index (κ3) is 3.64. The van der Waals surface area contributed by atoms with Gasteiger partial charge in [0.15, 0.2) is 0 Å². The highest BCUT2D eigenvalue weighted by molar-refractivity contribution is 7.10. The molecular formula is C20H32N2O2S. The lowest BCUT2D eigenvalue weighted by Crippen LogP contribution is -2.47. The van der Waals surface area contributed by atoms with Gasteiger partial charge in [0.25, 0.3) is 0 Å². The summed E-state index contributed by atoms with van der Waals surface area (Å²) in [6.07, 6.45) is 5.40. The molecule has 0 N–H and O–H groups in total. The summed E-state index contributed by atoms with van der Waals surface area (Å²) in [5.74, 6) is 0.319. The lowest BCUT2D eigenvalue weighted by Gasteiger charge is -2.48. The van der Waals surface area contributed by atoms with Gasteiger partial charge in [0.1, 0.15) is 0 Å². The second-order valence-electron chi connectivity index (χ2n) is 8.12. The number of carbonyl (C=O) groups excluding carboxylic acids is 1. The maximum Gasteiger partial charge on any atom is 0.223 e. The molecule has 1 saturated heterocycles. The van der Waals surface area contributed by atoms with Gasteiger partial charge in [0.2, 0.25) is 5.91 Å². The fourth-order valence-electron chi connectivity index (χ4n) is 4.78. The molecule has 2 heterocycles. The standard InChI is InChI=1S/C20H32N2O2S/c1-5-24-16(2)14-22-15-19(13-18(22)23)8-10-20(11-9-19,21(3)4)17-7-6-12-25-17/h6-7,12,16H,5,8-11,13-15H2,1-4H3. The van der Waals surface area contributed by atoms with Crippen LogP contribution in [0.2, 0.25) is 0 Å². The average Bonchev–Trinajstić information content (AvgIpc) is 3.18. The van der Waals surface area contributed by atoms with Crippen molar-refractivity contribution in [1.29, 1.82) is 0 Å². The predicted octanol–water partition coefficient (Wildman–Crippen LogP) is 3.72. The number of rotatable bonds is 6. The van der Waals surface area contributed by atoms with Crippen LogP contribution in [-0.2, 0) is 15.1 Å². The van der Waals surface area contributed by atoms with Crippen molar-refractivity contribution in [3.05, 3.63) is 22.4 Å². The lowest BCUT2D eigenvalue weighted by molar-refractivity contribution is -0.129. The van der Waals surface area contributed by atoms with Crippen LogP contribution < -0.4 is 0 Å². The van der Waals surface area contributed by atoms with Crippen molar-refractivity contribution in [1.82, 2.24) is 9.80 Å². The Kier molecular flexibility index (Phi) is 5.57. The Bertz CT molecular complexity index is 577. The molecule has 0 aromatic carbocycles. The van der Waals surface area contributed by atoms with Crippen molar-refractivity contribution in [2.45, 2.75) is 57.6 Å². The zero-order chi connectivity index (χ0) is 18.1. The molecule has 25 heavy (non-hydrogen) atoms. The van der Waals surface area contributed by atoms with E-state index in [4.69, 9.17) is 4.74 Å². The molecule has 1 aromatic rings. The zero-order valence-corrected chi connectivity index (χ0v) is 16.9. The summed E-state index contributed by atoms with van der Waals surface area (Å²) >= 11 is 1.87. The molecular weight excluding hydrogens is 332 g/mol. The topological polar surface area (TPSA) is 32.8 Å². The third-order valence-electron chi connectivity index (χ3n) is 6.31. The van der Waals surface area contributed by atoms with Gasteiger partial charge in [-0.2, -0.15) is 0 Å². The Morgan fingerprint density at radius 3 is 2.60 bits per heavy atom. The van der Waals surface area contributed by atoms with E-state index in [1.54, 1.807) is 0 Å². The maximum atomic E-state index is 12.6. The number of hydrogen-bond donors (Lipinski definition) is 0. The molecule has 1 aromatic heterocycles. The Hall–Kier alpha value is -0.910. The Balaban J connectivity index is 1.68. The minimum Gasteiger partial charge on any atom is -0.377 e. The summed E-state index contributed by atoms with van der Waals surface area (Å²) in [6, 6.07) is 4.43. The second-order valence-corrected chi connectivity index (χ2v) is 9.07. The Labute approximate surface area is 156 Å². The monoisotopic (exact) mass is 364 g/mol. The highest BCUT2D eigenvalue weighted by Crippen LogP contribution is 2.52. The van der Waals surface area contributed by atoms with Crippen LogP contribution in [0.5, 0.6) is 0 Å². The van der Waals surface area contributed by atoms with Gasteiger partial charge >= 0.3 is 0 Å². The highest BCUT2D eigenvalue weighted by atomic mass is 32.1. The van der Waals surface area contributed by atoms with E-state index in [-0.39, 0.29) is 17.1 Å². The highest BCUT2D eigenvalue weighted by Gasteiger charge is 2.50. The first-order chi connectivity index (χ1) is 11.9. The van der Waals surface area contributed by atoms with Crippen LogP contribution in [-0.4, -0.2) is 55.6 Å². The summed E-state index contributed by atoms with van der Waals surface area (Å²) in [5, 5.41) is 2.18. The number of amides is 1. The zero-order valence-electron chi connectivity index (χ0n) is 16.1. The van der Waals surface area contributed by atoms with Crippen molar-refractivity contribution in [2.24, 2.45) is 5.41 Å². The van der Waals surface area contributed by atoms with Gasteiger partial charge in [-0.3, -0.25) is 9.69 Å². The number of thiophene rings is 1. The van der Waals surface area contributed by atoms with Crippen LogP contribution in [0, 0.1) is 5.41 Å². The van der Waals surface area contributed by atoms with E-state index in [0.29, 0.717) is 12.5 Å². The van der Waals surface area contributed by atoms with E-state index in [1.807, 2.05) is 23.2 Å². The molecule has 2 fully saturated rings. The van der Waals surface area contributed by atoms with Gasteiger partial charge in [0, 0.05) is 31.0 Å². The fourth-order valence-corrected chi connectivity index (χ4v) is 5.85. The largest absolute Gasteiger partial charge is 0.377 e. The molecule has 0 bridgehead atoms. The van der Waals surface area contributed by atoms with Gasteiger partial charge in [-0.25, -0.2) is 0 Å². The molecule has 4 nitrogen and oxygen atoms in total. The number of ether oxygens (including phenoxy) is 1. The lowest BCUT2D eigenvalue weighted by atomic mass is 9.66. The van der Waals surface area contributed by atoms with Gasteiger partial charge in [-0.15, -0.1) is 11.3 Å². The molecule has 140 valence electrons. The molecule has 3 rings (SSSR count). The average molecular weight is 365 g/mol. The normalized spacial score (nSPS) is 31.2. The van der Waals surface area contributed by atoms with Gasteiger partial charge < -0.3 is 9.64 Å². The van der Waals surface area contributed by atoms with E-state index in [1.165, 1.54) is 4.88 Å². The van der Waals surface area contributed by atoms with E-state index < -0.39 is 0 Å². The van der Waals surface area contributed by atoms with Crippen LogP contribution in [0.4, 0.5) is 0 Å². The van der Waals surface area contributed by atoms with Crippen LogP contribution in [0.25, 0.3) is 0 Å². The van der Waals surface area contributed by atoms with Crippen molar-refractivity contribution >= 4 is 17.2 Å². The van der Waals surface area contributed by atoms with E-state index in [0.717, 1.165) is 45.2 Å². The predicted molar refractivity (Wildman–Crippen MR) is 103 cm³/mol. The summed E-state index contributed by atoms with van der Waals surface area (Å²) < 4.78 is 5.64. The summed E-state index contributed by atoms with van der Waals surface area (Å²) in [6.45, 7) is 6.43. The smallest absolute Gasteiger partial charge is 0.223 e. The number of carbonyl (C=O) groups is 1. The fraction of sp³-hybridized carbons (Fsp3) is 0.750. The van der Waals surface area contributed by atoms with Crippen molar-refractivity contribution in [2.75, 3.05) is 33.8 Å². The quantitative estimate of drug-likeness (QED) is 0.771. The molecule has 1 spiro atoms. The second kappa shape index (κ2) is 7.37. The summed E-state index contributed by atoms with van der Waals surface area (Å²) in [5.41, 5.74) is 0.328. The third-order valence-corrected chi connectivity index (χ3v) is 7.37. The first kappa shape index (κ1) is 18.9. The summed E-state index contributed by atoms with van der Waals surface area (Å²) in [4.78, 5) is 18.5. The summed E-state index contributed by atoms with van der Waals surface area (Å²) in [7, 11) is 4.40. The van der Waals surface area contributed by atoms with E-state index >= 15 is 0 Å². The first-order valence-corrected chi connectivity index (χ1v) is 10.4. The van der Waals surface area contributed by atoms with Crippen LogP contribution in [0.3, 0.4) is 0 Å². The maximum absolute atomic E-state index is 12.6. The van der Waals surface area contributed by atoms with Gasteiger partial charge in [-0.05, 0) is 70.5 Å². The Morgan fingerprint density at radius 1 is 1.32 bits per heavy atom. The Morgan fingerprint density at radius 2 is 2.04 bits per heavy atom. The van der Waals surface area contributed by atoms with Gasteiger partial charge in [0.05, 0.1) is 11.6 Å². The van der Waals surface area contributed by atoms with Crippen LogP contribution in [0.1, 0.15) is 50.8 Å².